The van der Waals surface area contributed by atoms with Crippen LogP contribution in [0.4, 0.5) is 11.4 Å². The molecule has 1 aromatic heterocycles. The fraction of sp³-hybridized carbons (Fsp3) is 0.231. The monoisotopic (exact) mass is 460 g/mol. The van der Waals surface area contributed by atoms with Crippen LogP contribution >= 0.6 is 11.8 Å². The lowest BCUT2D eigenvalue weighted by Gasteiger charge is -2.14. The summed E-state index contributed by atoms with van der Waals surface area (Å²) in [4.78, 5) is 22.3. The van der Waals surface area contributed by atoms with Crippen LogP contribution in [0, 0.1) is 0 Å². The standard InChI is InChI=1S/C26H28N4O2S/c1-5-29-25(31)24(33-26(29)27-19-9-15-23(16-10-19)32-6-2)18-22-8-7-17-30(22)21-13-11-20(12-14-21)28(3)4/h7-18H,5-6H2,1-4H3/b24-18-,27-26?. The third-order valence-corrected chi connectivity index (χ3v) is 6.29. The fourth-order valence-electron chi connectivity index (χ4n) is 3.56. The number of hydrogen-bond donors (Lipinski definition) is 0. The first-order valence-electron chi connectivity index (χ1n) is 11.0. The normalized spacial score (nSPS) is 16.1. The summed E-state index contributed by atoms with van der Waals surface area (Å²) in [6.07, 6.45) is 3.95. The number of thioether (sulfide) groups is 1. The molecule has 2 aromatic carbocycles. The predicted octanol–water partition coefficient (Wildman–Crippen LogP) is 5.57. The number of ether oxygens (including phenoxy) is 1. The molecule has 1 fully saturated rings. The zero-order valence-corrected chi connectivity index (χ0v) is 20.2. The van der Waals surface area contributed by atoms with Crippen molar-refractivity contribution in [1.29, 1.82) is 0 Å². The minimum Gasteiger partial charge on any atom is -0.494 e. The second kappa shape index (κ2) is 10.0. The summed E-state index contributed by atoms with van der Waals surface area (Å²) in [6, 6.07) is 19.9. The number of benzene rings is 2. The summed E-state index contributed by atoms with van der Waals surface area (Å²) in [6.45, 7) is 5.10. The number of nitrogens with zero attached hydrogens (tertiary/aromatic N) is 4. The third-order valence-electron chi connectivity index (χ3n) is 5.28. The molecule has 0 atom stereocenters. The maximum Gasteiger partial charge on any atom is 0.266 e. The molecule has 4 rings (SSSR count). The number of aromatic nitrogens is 1. The molecule has 3 aromatic rings. The van der Waals surface area contributed by atoms with E-state index in [1.54, 1.807) is 4.90 Å². The van der Waals surface area contributed by atoms with Crippen LogP contribution in [0.5, 0.6) is 5.75 Å². The van der Waals surface area contributed by atoms with Gasteiger partial charge in [-0.15, -0.1) is 0 Å². The highest BCUT2D eigenvalue weighted by molar-refractivity contribution is 8.18. The Morgan fingerprint density at radius 1 is 1.03 bits per heavy atom. The van der Waals surface area contributed by atoms with Crippen LogP contribution in [0.2, 0.25) is 0 Å². The van der Waals surface area contributed by atoms with Gasteiger partial charge in [-0.3, -0.25) is 9.69 Å². The largest absolute Gasteiger partial charge is 0.494 e. The molecule has 0 N–H and O–H groups in total. The van der Waals surface area contributed by atoms with Gasteiger partial charge in [0.1, 0.15) is 5.75 Å². The van der Waals surface area contributed by atoms with Gasteiger partial charge < -0.3 is 14.2 Å². The van der Waals surface area contributed by atoms with Gasteiger partial charge in [-0.25, -0.2) is 4.99 Å². The highest BCUT2D eigenvalue weighted by atomic mass is 32.2. The number of likely N-dealkylation sites (N-methyl/N-ethyl adjacent to an activating group) is 1. The van der Waals surface area contributed by atoms with Crippen LogP contribution in [0.1, 0.15) is 19.5 Å². The molecular weight excluding hydrogens is 432 g/mol. The van der Waals surface area contributed by atoms with E-state index in [0.29, 0.717) is 23.2 Å². The number of rotatable bonds is 7. The minimum atomic E-state index is -0.0251. The molecule has 0 radical (unpaired) electrons. The zero-order valence-electron chi connectivity index (χ0n) is 19.4. The molecule has 0 aliphatic carbocycles. The molecule has 0 bridgehead atoms. The van der Waals surface area contributed by atoms with Gasteiger partial charge in [-0.1, -0.05) is 0 Å². The molecule has 1 aliphatic heterocycles. The van der Waals surface area contributed by atoms with Gasteiger partial charge >= 0.3 is 0 Å². The zero-order chi connectivity index (χ0) is 23.4. The van der Waals surface area contributed by atoms with E-state index >= 15 is 0 Å². The van der Waals surface area contributed by atoms with E-state index in [-0.39, 0.29) is 5.91 Å². The van der Waals surface area contributed by atoms with Gasteiger partial charge in [0, 0.05) is 43.9 Å². The number of aliphatic imine (C=N–C) groups is 1. The second-order valence-corrected chi connectivity index (χ2v) is 8.70. The van der Waals surface area contributed by atoms with Crippen molar-refractivity contribution < 1.29 is 9.53 Å². The van der Waals surface area contributed by atoms with E-state index in [4.69, 9.17) is 9.73 Å². The van der Waals surface area contributed by atoms with Gasteiger partial charge in [-0.2, -0.15) is 0 Å². The van der Waals surface area contributed by atoms with Crippen LogP contribution in [0.15, 0.2) is 76.8 Å². The van der Waals surface area contributed by atoms with Gasteiger partial charge in [-0.05, 0) is 92.3 Å². The van der Waals surface area contributed by atoms with Crippen LogP contribution in [-0.4, -0.2) is 47.8 Å². The molecule has 170 valence electrons. The first kappa shape index (κ1) is 22.7. The number of carbonyl (C=O) groups excluding carboxylic acids is 1. The van der Waals surface area contributed by atoms with Crippen molar-refractivity contribution in [1.82, 2.24) is 9.47 Å². The van der Waals surface area contributed by atoms with Crippen molar-refractivity contribution in [3.8, 4) is 11.4 Å². The Balaban J connectivity index is 1.61. The molecule has 33 heavy (non-hydrogen) atoms. The van der Waals surface area contributed by atoms with E-state index in [2.05, 4.69) is 33.7 Å². The topological polar surface area (TPSA) is 50.1 Å². The number of amides is 1. The average molecular weight is 461 g/mol. The van der Waals surface area contributed by atoms with Gasteiger partial charge in [0.05, 0.1) is 17.2 Å². The lowest BCUT2D eigenvalue weighted by atomic mass is 10.2. The maximum atomic E-state index is 13.1. The van der Waals surface area contributed by atoms with Crippen molar-refractivity contribution in [3.05, 3.63) is 77.5 Å². The van der Waals surface area contributed by atoms with Crippen LogP contribution in [0.25, 0.3) is 11.8 Å². The van der Waals surface area contributed by atoms with Gasteiger partial charge in [0.15, 0.2) is 5.17 Å². The van der Waals surface area contributed by atoms with Crippen LogP contribution < -0.4 is 9.64 Å². The molecule has 1 amide bonds. The van der Waals surface area contributed by atoms with Crippen LogP contribution in [0.3, 0.4) is 0 Å². The first-order chi connectivity index (χ1) is 16.0. The van der Waals surface area contributed by atoms with Crippen molar-refractivity contribution in [2.75, 3.05) is 32.1 Å². The number of hydrogen-bond acceptors (Lipinski definition) is 5. The van der Waals surface area contributed by atoms with E-state index < -0.39 is 0 Å². The fourth-order valence-corrected chi connectivity index (χ4v) is 4.60. The van der Waals surface area contributed by atoms with Gasteiger partial charge in [0.25, 0.3) is 5.91 Å². The summed E-state index contributed by atoms with van der Waals surface area (Å²) in [7, 11) is 4.05. The summed E-state index contributed by atoms with van der Waals surface area (Å²) < 4.78 is 7.58. The predicted molar refractivity (Wildman–Crippen MR) is 138 cm³/mol. The maximum absolute atomic E-state index is 13.1. The first-order valence-corrected chi connectivity index (χ1v) is 11.8. The van der Waals surface area contributed by atoms with Crippen molar-refractivity contribution >= 4 is 40.3 Å². The summed E-state index contributed by atoms with van der Waals surface area (Å²) >= 11 is 1.41. The third kappa shape index (κ3) is 4.98. The molecule has 2 heterocycles. The molecule has 7 heteroatoms. The lowest BCUT2D eigenvalue weighted by molar-refractivity contribution is -0.122. The van der Waals surface area contributed by atoms with Crippen molar-refractivity contribution in [2.45, 2.75) is 13.8 Å². The SMILES string of the molecule is CCOc1ccc(N=C2S/C(=C\c3cccn3-c3ccc(N(C)C)cc3)C(=O)N2CC)cc1. The summed E-state index contributed by atoms with van der Waals surface area (Å²) in [5.41, 5.74) is 3.92. The Labute approximate surface area is 199 Å². The molecule has 0 saturated carbocycles. The lowest BCUT2D eigenvalue weighted by Crippen LogP contribution is -2.28. The molecular formula is C26H28N4O2S. The Morgan fingerprint density at radius 2 is 1.76 bits per heavy atom. The van der Waals surface area contributed by atoms with E-state index in [1.807, 2.05) is 76.6 Å². The van der Waals surface area contributed by atoms with Crippen molar-refractivity contribution in [2.24, 2.45) is 4.99 Å². The van der Waals surface area contributed by atoms with E-state index in [9.17, 15) is 4.79 Å². The molecule has 1 aliphatic rings. The molecule has 0 spiro atoms. The van der Waals surface area contributed by atoms with E-state index in [0.717, 1.165) is 28.5 Å². The highest BCUT2D eigenvalue weighted by Gasteiger charge is 2.32. The Kier molecular flexibility index (Phi) is 6.89. The number of anilines is 1. The Morgan fingerprint density at radius 3 is 2.39 bits per heavy atom. The smallest absolute Gasteiger partial charge is 0.266 e. The average Bonchev–Trinajstić information content (AvgIpc) is 3.39. The Hall–Kier alpha value is -3.45. The molecule has 6 nitrogen and oxygen atoms in total. The quantitative estimate of drug-likeness (QED) is 0.433. The van der Waals surface area contributed by atoms with E-state index in [1.165, 1.54) is 11.8 Å². The van der Waals surface area contributed by atoms with Crippen LogP contribution in [-0.2, 0) is 4.79 Å². The number of amidine groups is 1. The van der Waals surface area contributed by atoms with Gasteiger partial charge in [0.2, 0.25) is 0 Å². The number of carbonyl (C=O) groups is 1. The Bertz CT molecular complexity index is 1180. The molecule has 0 unspecified atom stereocenters. The highest BCUT2D eigenvalue weighted by Crippen LogP contribution is 2.34. The summed E-state index contributed by atoms with van der Waals surface area (Å²) in [5.74, 6) is 0.784. The second-order valence-electron chi connectivity index (χ2n) is 7.70. The molecule has 1 saturated heterocycles. The minimum absolute atomic E-state index is 0.0251. The summed E-state index contributed by atoms with van der Waals surface area (Å²) in [5, 5.41) is 0.686. The van der Waals surface area contributed by atoms with Crippen molar-refractivity contribution in [3.63, 3.8) is 0 Å².